The third kappa shape index (κ3) is 3.49. The van der Waals surface area contributed by atoms with Gasteiger partial charge < -0.3 is 14.1 Å². The summed E-state index contributed by atoms with van der Waals surface area (Å²) >= 11 is 0. The number of oxazole rings is 1. The van der Waals surface area contributed by atoms with Crippen molar-refractivity contribution in [2.45, 2.75) is 6.61 Å². The van der Waals surface area contributed by atoms with Crippen LogP contribution in [0.2, 0.25) is 0 Å². The molecule has 0 saturated carbocycles. The Morgan fingerprint density at radius 1 is 0.694 bits per heavy atom. The van der Waals surface area contributed by atoms with Crippen molar-refractivity contribution in [3.63, 3.8) is 0 Å². The molecule has 4 aromatic carbocycles. The Kier molecular flexibility index (Phi) is 4.77. The number of pyridine rings is 1. The molecule has 0 amide bonds. The van der Waals surface area contributed by atoms with Crippen molar-refractivity contribution in [3.05, 3.63) is 121 Å². The quantitative estimate of drug-likeness (QED) is 0.265. The second kappa shape index (κ2) is 8.40. The lowest BCUT2D eigenvalue weighted by atomic mass is 10.1. The third-order valence-corrected chi connectivity index (χ3v) is 6.42. The van der Waals surface area contributed by atoms with Crippen molar-refractivity contribution < 1.29 is 9.15 Å². The van der Waals surface area contributed by atoms with E-state index < -0.39 is 0 Å². The molecule has 0 aliphatic carbocycles. The summed E-state index contributed by atoms with van der Waals surface area (Å²) in [5.41, 5.74) is 8.61. The highest BCUT2D eigenvalue weighted by Crippen LogP contribution is 2.46. The monoisotopic (exact) mass is 467 g/mol. The SMILES string of the molecule is c1ccc(-c2cccc(N3c4cc(-c5nc6ccccc6o5)ccc4COc4ccccc43)c2)nc1. The van der Waals surface area contributed by atoms with Gasteiger partial charge in [-0.25, -0.2) is 4.98 Å². The molecule has 0 spiro atoms. The van der Waals surface area contributed by atoms with Gasteiger partial charge in [-0.2, -0.15) is 0 Å². The van der Waals surface area contributed by atoms with E-state index in [2.05, 4.69) is 52.3 Å². The topological polar surface area (TPSA) is 51.4 Å². The van der Waals surface area contributed by atoms with Gasteiger partial charge in [-0.15, -0.1) is 0 Å². The first-order valence-electron chi connectivity index (χ1n) is 11.9. The predicted molar refractivity (Wildman–Crippen MR) is 142 cm³/mol. The second-order valence-electron chi connectivity index (χ2n) is 8.69. The Morgan fingerprint density at radius 2 is 1.58 bits per heavy atom. The van der Waals surface area contributed by atoms with Crippen molar-refractivity contribution in [1.82, 2.24) is 9.97 Å². The molecular formula is C31H21N3O2. The van der Waals surface area contributed by atoms with Crippen LogP contribution in [0.4, 0.5) is 17.1 Å². The van der Waals surface area contributed by atoms with Crippen molar-refractivity contribution >= 4 is 28.2 Å². The molecule has 5 heteroatoms. The van der Waals surface area contributed by atoms with Crippen LogP contribution in [0, 0.1) is 0 Å². The summed E-state index contributed by atoms with van der Waals surface area (Å²) in [6.45, 7) is 0.469. The Morgan fingerprint density at radius 3 is 2.50 bits per heavy atom. The van der Waals surface area contributed by atoms with Crippen molar-refractivity contribution in [2.24, 2.45) is 0 Å². The Bertz CT molecular complexity index is 1680. The van der Waals surface area contributed by atoms with Crippen LogP contribution in [0.3, 0.4) is 0 Å². The fourth-order valence-electron chi connectivity index (χ4n) is 4.69. The maximum atomic E-state index is 6.24. The van der Waals surface area contributed by atoms with E-state index in [-0.39, 0.29) is 0 Å². The van der Waals surface area contributed by atoms with Crippen molar-refractivity contribution in [1.29, 1.82) is 0 Å². The molecule has 1 aliphatic heterocycles. The van der Waals surface area contributed by atoms with E-state index in [0.717, 1.165) is 56.3 Å². The highest BCUT2D eigenvalue weighted by atomic mass is 16.5. The molecule has 0 atom stereocenters. The lowest BCUT2D eigenvalue weighted by Crippen LogP contribution is -2.11. The van der Waals surface area contributed by atoms with Gasteiger partial charge in [0.25, 0.3) is 0 Å². The van der Waals surface area contributed by atoms with E-state index in [1.165, 1.54) is 0 Å². The van der Waals surface area contributed by atoms with Crippen LogP contribution in [-0.2, 0) is 6.61 Å². The number of anilines is 3. The second-order valence-corrected chi connectivity index (χ2v) is 8.69. The molecule has 2 aromatic heterocycles. The number of fused-ring (bicyclic) bond motifs is 3. The predicted octanol–water partition coefficient (Wildman–Crippen LogP) is 7.92. The minimum Gasteiger partial charge on any atom is -0.487 e. The van der Waals surface area contributed by atoms with Crippen LogP contribution in [0.25, 0.3) is 33.8 Å². The number of hydrogen-bond donors (Lipinski definition) is 0. The number of nitrogens with zero attached hydrogens (tertiary/aromatic N) is 3. The molecule has 0 radical (unpaired) electrons. The third-order valence-electron chi connectivity index (χ3n) is 6.42. The molecule has 3 heterocycles. The van der Waals surface area contributed by atoms with Gasteiger partial charge in [0.2, 0.25) is 5.89 Å². The van der Waals surface area contributed by atoms with Crippen molar-refractivity contribution in [2.75, 3.05) is 4.90 Å². The van der Waals surface area contributed by atoms with E-state index >= 15 is 0 Å². The van der Waals surface area contributed by atoms with Crippen LogP contribution >= 0.6 is 0 Å². The maximum absolute atomic E-state index is 6.24. The van der Waals surface area contributed by atoms with Crippen LogP contribution < -0.4 is 9.64 Å². The summed E-state index contributed by atoms with van der Waals surface area (Å²) in [5.74, 6) is 1.43. The zero-order valence-corrected chi connectivity index (χ0v) is 19.3. The minimum absolute atomic E-state index is 0.469. The Hall–Kier alpha value is -4.90. The maximum Gasteiger partial charge on any atom is 0.227 e. The summed E-state index contributed by atoms with van der Waals surface area (Å²) in [6.07, 6.45) is 1.82. The summed E-state index contributed by atoms with van der Waals surface area (Å²) in [5, 5.41) is 0. The Labute approximate surface area is 208 Å². The number of ether oxygens (including phenoxy) is 1. The first-order chi connectivity index (χ1) is 17.8. The average Bonchev–Trinajstić information content (AvgIpc) is 3.31. The first kappa shape index (κ1) is 20.5. The summed E-state index contributed by atoms with van der Waals surface area (Å²) in [6, 6.07) is 36.6. The summed E-state index contributed by atoms with van der Waals surface area (Å²) in [4.78, 5) is 11.5. The van der Waals surface area contributed by atoms with Gasteiger partial charge in [0.1, 0.15) is 17.9 Å². The van der Waals surface area contributed by atoms with Gasteiger partial charge in [0.15, 0.2) is 5.58 Å². The van der Waals surface area contributed by atoms with E-state index in [4.69, 9.17) is 14.1 Å². The lowest BCUT2D eigenvalue weighted by molar-refractivity contribution is 0.310. The average molecular weight is 468 g/mol. The first-order valence-corrected chi connectivity index (χ1v) is 11.9. The van der Waals surface area contributed by atoms with Gasteiger partial charge in [0.05, 0.1) is 17.1 Å². The van der Waals surface area contributed by atoms with E-state index in [1.54, 1.807) is 0 Å². The largest absolute Gasteiger partial charge is 0.487 e. The minimum atomic E-state index is 0.469. The molecule has 0 N–H and O–H groups in total. The van der Waals surface area contributed by atoms with Gasteiger partial charge in [-0.3, -0.25) is 4.98 Å². The fraction of sp³-hybridized carbons (Fsp3) is 0.0323. The van der Waals surface area contributed by atoms with Crippen LogP contribution in [0.15, 0.2) is 120 Å². The van der Waals surface area contributed by atoms with Crippen molar-refractivity contribution in [3.8, 4) is 28.5 Å². The van der Waals surface area contributed by atoms with Gasteiger partial charge in [0, 0.05) is 28.6 Å². The molecule has 1 aliphatic rings. The number of benzene rings is 4. The Balaban J connectivity index is 1.42. The number of hydrogen-bond acceptors (Lipinski definition) is 5. The van der Waals surface area contributed by atoms with Crippen LogP contribution in [0.1, 0.15) is 5.56 Å². The van der Waals surface area contributed by atoms with E-state index in [9.17, 15) is 0 Å². The molecule has 0 fully saturated rings. The zero-order valence-electron chi connectivity index (χ0n) is 19.3. The molecule has 0 unspecified atom stereocenters. The molecule has 5 nitrogen and oxygen atoms in total. The van der Waals surface area contributed by atoms with Gasteiger partial charge in [-0.1, -0.05) is 48.5 Å². The normalized spacial score (nSPS) is 12.5. The van der Waals surface area contributed by atoms with Gasteiger partial charge in [-0.05, 0) is 60.7 Å². The smallest absolute Gasteiger partial charge is 0.227 e. The van der Waals surface area contributed by atoms with Crippen LogP contribution in [0.5, 0.6) is 5.75 Å². The molecule has 0 saturated heterocycles. The zero-order chi connectivity index (χ0) is 23.9. The molecule has 7 rings (SSSR count). The standard InChI is InChI=1S/C31H21N3O2/c1-3-13-29-26(11-1)33-31(36-29)22-15-16-23-20-35-30-14-4-2-12-27(30)34(28(23)19-22)24-9-7-8-21(18-24)25-10-5-6-17-32-25/h1-19H,20H2. The highest BCUT2D eigenvalue weighted by Gasteiger charge is 2.24. The summed E-state index contributed by atoms with van der Waals surface area (Å²) in [7, 11) is 0. The van der Waals surface area contributed by atoms with Crippen LogP contribution in [-0.4, -0.2) is 9.97 Å². The number of aromatic nitrogens is 2. The summed E-state index contributed by atoms with van der Waals surface area (Å²) < 4.78 is 12.3. The van der Waals surface area contributed by atoms with E-state index in [1.807, 2.05) is 72.9 Å². The molecule has 172 valence electrons. The number of para-hydroxylation sites is 4. The number of rotatable bonds is 3. The lowest BCUT2D eigenvalue weighted by Gasteiger charge is -2.26. The fourth-order valence-corrected chi connectivity index (χ4v) is 4.69. The highest BCUT2D eigenvalue weighted by molar-refractivity contribution is 5.86. The van der Waals surface area contributed by atoms with Gasteiger partial charge >= 0.3 is 0 Å². The molecule has 0 bridgehead atoms. The molecule has 6 aromatic rings. The molecule has 36 heavy (non-hydrogen) atoms. The molecular weight excluding hydrogens is 446 g/mol. The van der Waals surface area contributed by atoms with E-state index in [0.29, 0.717) is 12.5 Å².